The van der Waals surface area contributed by atoms with Gasteiger partial charge < -0.3 is 15.7 Å². The van der Waals surface area contributed by atoms with Gasteiger partial charge in [-0.25, -0.2) is 0 Å². The van der Waals surface area contributed by atoms with Crippen LogP contribution in [0.15, 0.2) is 30.3 Å². The van der Waals surface area contributed by atoms with E-state index in [1.165, 1.54) is 0 Å². The van der Waals surface area contributed by atoms with E-state index in [1.807, 2.05) is 30.3 Å². The Morgan fingerprint density at radius 1 is 1.06 bits per heavy atom. The second kappa shape index (κ2) is 8.25. The van der Waals surface area contributed by atoms with Crippen molar-refractivity contribution in [2.45, 2.75) is 19.3 Å². The molecular formula is C13H18N2O3. The zero-order chi connectivity index (χ0) is 13.2. The lowest BCUT2D eigenvalue weighted by atomic mass is 10.3. The number of para-hydroxylation sites is 1. The Hall–Kier alpha value is -1.88. The van der Waals surface area contributed by atoms with Gasteiger partial charge in [0.05, 0.1) is 0 Å². The van der Waals surface area contributed by atoms with Gasteiger partial charge in [-0.15, -0.1) is 0 Å². The summed E-state index contributed by atoms with van der Waals surface area (Å²) in [6, 6.07) is 9.27. The molecule has 0 radical (unpaired) electrons. The van der Waals surface area contributed by atoms with Crippen LogP contribution >= 0.6 is 0 Å². The van der Waals surface area contributed by atoms with Gasteiger partial charge in [0.2, 0.25) is 5.91 Å². The summed E-state index contributed by atoms with van der Waals surface area (Å²) in [5.41, 5.74) is 0.786. The molecule has 0 heterocycles. The molecular weight excluding hydrogens is 232 g/mol. The number of amides is 1. The van der Waals surface area contributed by atoms with Crippen molar-refractivity contribution < 1.29 is 14.7 Å². The standard InChI is InChI=1S/C13H18N2O3/c16-12(15-11-5-2-1-3-6-11)8-10-14-9-4-7-13(17)18/h1-3,5-6,14H,4,7-10H2,(H,15,16)(H,17,18). The molecule has 0 aliphatic rings. The van der Waals surface area contributed by atoms with Crippen LogP contribution in [-0.4, -0.2) is 30.1 Å². The van der Waals surface area contributed by atoms with Crippen molar-refractivity contribution in [1.29, 1.82) is 0 Å². The van der Waals surface area contributed by atoms with E-state index in [1.54, 1.807) is 0 Å². The molecule has 0 aromatic heterocycles. The van der Waals surface area contributed by atoms with Gasteiger partial charge in [0, 0.05) is 25.1 Å². The van der Waals surface area contributed by atoms with Crippen LogP contribution in [0.1, 0.15) is 19.3 Å². The number of hydrogen-bond acceptors (Lipinski definition) is 3. The largest absolute Gasteiger partial charge is 0.481 e. The number of nitrogens with one attached hydrogen (secondary N) is 2. The highest BCUT2D eigenvalue weighted by Gasteiger charge is 2.01. The molecule has 0 aliphatic heterocycles. The smallest absolute Gasteiger partial charge is 0.303 e. The monoisotopic (exact) mass is 250 g/mol. The molecule has 0 saturated carbocycles. The Bertz CT molecular complexity index is 379. The number of carboxylic acids is 1. The zero-order valence-electron chi connectivity index (χ0n) is 10.2. The van der Waals surface area contributed by atoms with Crippen LogP contribution in [0.4, 0.5) is 5.69 Å². The van der Waals surface area contributed by atoms with Gasteiger partial charge in [-0.3, -0.25) is 9.59 Å². The van der Waals surface area contributed by atoms with Gasteiger partial charge in [-0.05, 0) is 25.1 Å². The summed E-state index contributed by atoms with van der Waals surface area (Å²) < 4.78 is 0. The molecule has 0 spiro atoms. The van der Waals surface area contributed by atoms with Crippen LogP contribution < -0.4 is 10.6 Å². The third-order valence-corrected chi connectivity index (χ3v) is 2.33. The maximum absolute atomic E-state index is 11.5. The average Bonchev–Trinajstić information content (AvgIpc) is 2.34. The second-order valence-corrected chi connectivity index (χ2v) is 3.91. The van der Waals surface area contributed by atoms with E-state index in [9.17, 15) is 9.59 Å². The molecule has 1 aromatic carbocycles. The zero-order valence-corrected chi connectivity index (χ0v) is 10.2. The number of carbonyl (C=O) groups is 2. The fourth-order valence-electron chi connectivity index (χ4n) is 1.44. The molecule has 3 N–H and O–H groups in total. The van der Waals surface area contributed by atoms with Crippen molar-refractivity contribution in [3.05, 3.63) is 30.3 Å². The fourth-order valence-corrected chi connectivity index (χ4v) is 1.44. The Morgan fingerprint density at radius 2 is 1.78 bits per heavy atom. The molecule has 1 amide bonds. The summed E-state index contributed by atoms with van der Waals surface area (Å²) in [5, 5.41) is 14.2. The molecule has 1 rings (SSSR count). The van der Waals surface area contributed by atoms with E-state index in [0.29, 0.717) is 25.9 Å². The highest BCUT2D eigenvalue weighted by molar-refractivity contribution is 5.90. The first-order valence-electron chi connectivity index (χ1n) is 5.96. The molecule has 0 bridgehead atoms. The topological polar surface area (TPSA) is 78.4 Å². The van der Waals surface area contributed by atoms with Gasteiger partial charge in [0.15, 0.2) is 0 Å². The summed E-state index contributed by atoms with van der Waals surface area (Å²) in [4.78, 5) is 21.8. The number of aliphatic carboxylic acids is 1. The van der Waals surface area contributed by atoms with Gasteiger partial charge in [-0.1, -0.05) is 18.2 Å². The van der Waals surface area contributed by atoms with E-state index in [0.717, 1.165) is 5.69 Å². The first-order chi connectivity index (χ1) is 8.68. The lowest BCUT2D eigenvalue weighted by Gasteiger charge is -2.05. The molecule has 0 unspecified atom stereocenters. The molecule has 0 aliphatic carbocycles. The maximum atomic E-state index is 11.5. The average molecular weight is 250 g/mol. The van der Waals surface area contributed by atoms with E-state index in [-0.39, 0.29) is 12.3 Å². The maximum Gasteiger partial charge on any atom is 0.303 e. The number of rotatable bonds is 8. The predicted octanol–water partition coefficient (Wildman–Crippen LogP) is 1.47. The molecule has 5 heteroatoms. The number of benzene rings is 1. The van der Waals surface area contributed by atoms with Crippen LogP contribution in [0.3, 0.4) is 0 Å². The Kier molecular flexibility index (Phi) is 6.50. The summed E-state index contributed by atoms with van der Waals surface area (Å²) in [6.07, 6.45) is 1.11. The molecule has 18 heavy (non-hydrogen) atoms. The number of anilines is 1. The molecule has 98 valence electrons. The Morgan fingerprint density at radius 3 is 2.44 bits per heavy atom. The lowest BCUT2D eigenvalue weighted by Crippen LogP contribution is -2.23. The number of hydrogen-bond donors (Lipinski definition) is 3. The van der Waals surface area contributed by atoms with Gasteiger partial charge in [0.25, 0.3) is 0 Å². The normalized spacial score (nSPS) is 10.0. The van der Waals surface area contributed by atoms with Gasteiger partial charge in [-0.2, -0.15) is 0 Å². The van der Waals surface area contributed by atoms with Crippen LogP contribution in [0.25, 0.3) is 0 Å². The minimum absolute atomic E-state index is 0.0491. The van der Waals surface area contributed by atoms with Gasteiger partial charge >= 0.3 is 5.97 Å². The molecule has 0 atom stereocenters. The van der Waals surface area contributed by atoms with Crippen molar-refractivity contribution in [2.24, 2.45) is 0 Å². The summed E-state index contributed by atoms with van der Waals surface area (Å²) in [6.45, 7) is 1.17. The molecule has 0 fully saturated rings. The van der Waals surface area contributed by atoms with Crippen LogP contribution in [0.2, 0.25) is 0 Å². The van der Waals surface area contributed by atoms with Crippen molar-refractivity contribution in [3.8, 4) is 0 Å². The van der Waals surface area contributed by atoms with Crippen LogP contribution in [0.5, 0.6) is 0 Å². The second-order valence-electron chi connectivity index (χ2n) is 3.91. The Balaban J connectivity index is 2.05. The number of carbonyl (C=O) groups excluding carboxylic acids is 1. The predicted molar refractivity (Wildman–Crippen MR) is 69.4 cm³/mol. The van der Waals surface area contributed by atoms with Crippen molar-refractivity contribution in [3.63, 3.8) is 0 Å². The summed E-state index contributed by atoms with van der Waals surface area (Å²) in [7, 11) is 0. The first-order valence-corrected chi connectivity index (χ1v) is 5.96. The summed E-state index contributed by atoms with van der Waals surface area (Å²) in [5.74, 6) is -0.842. The molecule has 0 saturated heterocycles. The minimum atomic E-state index is -0.793. The van der Waals surface area contributed by atoms with E-state index in [4.69, 9.17) is 5.11 Å². The SMILES string of the molecule is O=C(O)CCCNCCC(=O)Nc1ccccc1. The third-order valence-electron chi connectivity index (χ3n) is 2.33. The van der Waals surface area contributed by atoms with E-state index < -0.39 is 5.97 Å². The van der Waals surface area contributed by atoms with E-state index in [2.05, 4.69) is 10.6 Å². The summed E-state index contributed by atoms with van der Waals surface area (Å²) >= 11 is 0. The van der Waals surface area contributed by atoms with Crippen molar-refractivity contribution >= 4 is 17.6 Å². The molecule has 5 nitrogen and oxygen atoms in total. The van der Waals surface area contributed by atoms with Crippen molar-refractivity contribution in [2.75, 3.05) is 18.4 Å². The highest BCUT2D eigenvalue weighted by Crippen LogP contribution is 2.04. The lowest BCUT2D eigenvalue weighted by molar-refractivity contribution is -0.137. The quantitative estimate of drug-likeness (QED) is 0.610. The number of carboxylic acid groups (broad SMARTS) is 1. The van der Waals surface area contributed by atoms with Crippen LogP contribution in [-0.2, 0) is 9.59 Å². The third kappa shape index (κ3) is 6.65. The highest BCUT2D eigenvalue weighted by atomic mass is 16.4. The van der Waals surface area contributed by atoms with Crippen LogP contribution in [0, 0.1) is 0 Å². The Labute approximate surface area is 106 Å². The van der Waals surface area contributed by atoms with E-state index >= 15 is 0 Å². The first kappa shape index (κ1) is 14.2. The van der Waals surface area contributed by atoms with Crippen molar-refractivity contribution in [1.82, 2.24) is 5.32 Å². The fraction of sp³-hybridized carbons (Fsp3) is 0.385. The molecule has 1 aromatic rings. The minimum Gasteiger partial charge on any atom is -0.481 e. The van der Waals surface area contributed by atoms with Gasteiger partial charge in [0.1, 0.15) is 0 Å².